The monoisotopic (exact) mass is 370 g/mol. The number of aryl methyl sites for hydroxylation is 1. The topological polar surface area (TPSA) is 69.7 Å². The summed E-state index contributed by atoms with van der Waals surface area (Å²) in [6.07, 6.45) is 6.76. The smallest absolute Gasteiger partial charge is 0.302 e. The highest BCUT2D eigenvalue weighted by molar-refractivity contribution is 7.86. The fraction of sp³-hybridized carbons (Fsp3) is 0.632. The highest BCUT2D eigenvalue weighted by atomic mass is 32.2. The second-order valence-electron chi connectivity index (χ2n) is 6.34. The Labute approximate surface area is 151 Å². The maximum Gasteiger partial charge on any atom is 0.302 e. The molecule has 0 aromatic heterocycles. The molecule has 0 aliphatic carbocycles. The summed E-state index contributed by atoms with van der Waals surface area (Å²) in [5, 5.41) is 0. The van der Waals surface area contributed by atoms with Crippen LogP contribution in [0.2, 0.25) is 0 Å². The Morgan fingerprint density at radius 1 is 1.04 bits per heavy atom. The van der Waals surface area contributed by atoms with Gasteiger partial charge < -0.3 is 4.74 Å². The number of hydrogen-bond donors (Lipinski definition) is 0. The van der Waals surface area contributed by atoms with Gasteiger partial charge in [0.05, 0.1) is 4.90 Å². The lowest BCUT2D eigenvalue weighted by Gasteiger charge is -2.17. The van der Waals surface area contributed by atoms with Gasteiger partial charge in [-0.15, -0.1) is 0 Å². The lowest BCUT2D eigenvalue weighted by atomic mass is 10.1. The highest BCUT2D eigenvalue weighted by Crippen LogP contribution is 2.16. The Balaban J connectivity index is 2.51. The molecule has 0 spiro atoms. The van der Waals surface area contributed by atoms with Gasteiger partial charge in [-0.05, 0) is 31.9 Å². The van der Waals surface area contributed by atoms with E-state index in [1.165, 1.54) is 38.3 Å². The van der Waals surface area contributed by atoms with Crippen molar-refractivity contribution in [1.29, 1.82) is 0 Å². The van der Waals surface area contributed by atoms with Crippen LogP contribution in [0.5, 0.6) is 0 Å². The maximum atomic E-state index is 12.2. The molecule has 0 N–H and O–H groups in total. The maximum absolute atomic E-state index is 12.2. The molecular weight excluding hydrogens is 340 g/mol. The normalized spacial score (nSPS) is 12.8. The van der Waals surface area contributed by atoms with Crippen molar-refractivity contribution >= 4 is 16.1 Å². The highest BCUT2D eigenvalue weighted by Gasteiger charge is 2.20. The molecule has 0 amide bonds. The lowest BCUT2D eigenvalue weighted by Crippen LogP contribution is -2.24. The zero-order valence-electron chi connectivity index (χ0n) is 15.5. The van der Waals surface area contributed by atoms with E-state index in [4.69, 9.17) is 8.92 Å². The van der Waals surface area contributed by atoms with E-state index in [1.807, 2.05) is 6.92 Å². The Bertz CT molecular complexity index is 607. The summed E-state index contributed by atoms with van der Waals surface area (Å²) in [7, 11) is -3.84. The third-order valence-corrected chi connectivity index (χ3v) is 5.23. The van der Waals surface area contributed by atoms with Gasteiger partial charge in [0.1, 0.15) is 12.7 Å². The van der Waals surface area contributed by atoms with Crippen molar-refractivity contribution in [2.45, 2.75) is 76.7 Å². The van der Waals surface area contributed by atoms with Crippen molar-refractivity contribution < 1.29 is 22.1 Å². The van der Waals surface area contributed by atoms with Crippen LogP contribution in [0.25, 0.3) is 0 Å². The van der Waals surface area contributed by atoms with Crippen LogP contribution in [0.4, 0.5) is 0 Å². The Kier molecular flexibility index (Phi) is 9.75. The molecule has 1 rings (SSSR count). The van der Waals surface area contributed by atoms with E-state index in [0.29, 0.717) is 6.42 Å². The standard InChI is InChI=1S/C19H30O5S/c1-4-5-6-7-8-9-10-18(24-17(3)20)15-23-25(21,22)19-13-11-16(2)12-14-19/h11-14,18H,4-10,15H2,1-3H3/t18-/m1/s1. The molecule has 6 heteroatoms. The summed E-state index contributed by atoms with van der Waals surface area (Å²) in [6, 6.07) is 6.46. The molecule has 5 nitrogen and oxygen atoms in total. The molecule has 0 saturated heterocycles. The van der Waals surface area contributed by atoms with Gasteiger partial charge in [0.25, 0.3) is 10.1 Å². The second-order valence-corrected chi connectivity index (χ2v) is 7.95. The molecule has 0 aliphatic rings. The number of ether oxygens (including phenoxy) is 1. The molecule has 0 unspecified atom stereocenters. The third kappa shape index (κ3) is 9.02. The van der Waals surface area contributed by atoms with E-state index < -0.39 is 22.2 Å². The van der Waals surface area contributed by atoms with E-state index in [9.17, 15) is 13.2 Å². The molecule has 142 valence electrons. The van der Waals surface area contributed by atoms with Crippen LogP contribution in [0.1, 0.15) is 64.4 Å². The van der Waals surface area contributed by atoms with Gasteiger partial charge in [-0.2, -0.15) is 8.42 Å². The van der Waals surface area contributed by atoms with E-state index in [2.05, 4.69) is 6.92 Å². The predicted octanol–water partition coefficient (Wildman–Crippen LogP) is 4.38. The number of carbonyl (C=O) groups excluding carboxylic acids is 1. The molecule has 0 aliphatic heterocycles. The summed E-state index contributed by atoms with van der Waals surface area (Å²) in [5.74, 6) is -0.424. The zero-order chi connectivity index (χ0) is 18.7. The Morgan fingerprint density at radius 2 is 1.64 bits per heavy atom. The van der Waals surface area contributed by atoms with E-state index in [0.717, 1.165) is 24.8 Å². The molecule has 0 saturated carbocycles. The molecule has 25 heavy (non-hydrogen) atoms. The fourth-order valence-electron chi connectivity index (χ4n) is 2.50. The Hall–Kier alpha value is -1.40. The van der Waals surface area contributed by atoms with Crippen LogP contribution in [-0.4, -0.2) is 27.1 Å². The van der Waals surface area contributed by atoms with Crippen molar-refractivity contribution in [3.05, 3.63) is 29.8 Å². The van der Waals surface area contributed by atoms with Crippen molar-refractivity contribution in [2.24, 2.45) is 0 Å². The molecule has 0 fully saturated rings. The number of hydrogen-bond acceptors (Lipinski definition) is 5. The van der Waals surface area contributed by atoms with Crippen LogP contribution in [0.3, 0.4) is 0 Å². The minimum absolute atomic E-state index is 0.110. The van der Waals surface area contributed by atoms with Crippen LogP contribution in [-0.2, 0) is 23.8 Å². The minimum atomic E-state index is -3.84. The van der Waals surface area contributed by atoms with Crippen LogP contribution < -0.4 is 0 Å². The summed E-state index contributed by atoms with van der Waals surface area (Å²) in [6.45, 7) is 5.23. The van der Waals surface area contributed by atoms with E-state index >= 15 is 0 Å². The first-order valence-electron chi connectivity index (χ1n) is 8.98. The van der Waals surface area contributed by atoms with Gasteiger partial charge in [0.15, 0.2) is 0 Å². The first-order valence-corrected chi connectivity index (χ1v) is 10.4. The zero-order valence-corrected chi connectivity index (χ0v) is 16.3. The fourth-order valence-corrected chi connectivity index (χ4v) is 3.44. The quantitative estimate of drug-likeness (QED) is 0.310. The van der Waals surface area contributed by atoms with Gasteiger partial charge in [0, 0.05) is 6.92 Å². The number of rotatable bonds is 12. The van der Waals surface area contributed by atoms with Crippen LogP contribution in [0.15, 0.2) is 29.2 Å². The summed E-state index contributed by atoms with van der Waals surface area (Å²) < 4.78 is 34.7. The van der Waals surface area contributed by atoms with Gasteiger partial charge >= 0.3 is 5.97 Å². The molecule has 0 radical (unpaired) electrons. The third-order valence-electron chi connectivity index (χ3n) is 3.93. The molecule has 0 heterocycles. The summed E-state index contributed by atoms with van der Waals surface area (Å²) in [4.78, 5) is 11.3. The van der Waals surface area contributed by atoms with E-state index in [-0.39, 0.29) is 11.5 Å². The largest absolute Gasteiger partial charge is 0.460 e. The molecular formula is C19H30O5S. The average molecular weight is 371 g/mol. The molecule has 1 atom stereocenters. The van der Waals surface area contributed by atoms with Crippen LogP contribution in [0, 0.1) is 6.92 Å². The predicted molar refractivity (Wildman–Crippen MR) is 97.9 cm³/mol. The van der Waals surface area contributed by atoms with Crippen molar-refractivity contribution in [1.82, 2.24) is 0 Å². The number of carbonyl (C=O) groups is 1. The molecule has 1 aromatic carbocycles. The first-order chi connectivity index (χ1) is 11.8. The van der Waals surface area contributed by atoms with Crippen molar-refractivity contribution in [3.8, 4) is 0 Å². The average Bonchev–Trinajstić information content (AvgIpc) is 2.55. The lowest BCUT2D eigenvalue weighted by molar-refractivity contribution is -0.148. The molecule has 1 aromatic rings. The summed E-state index contributed by atoms with van der Waals surface area (Å²) >= 11 is 0. The van der Waals surface area contributed by atoms with Crippen LogP contribution >= 0.6 is 0 Å². The Morgan fingerprint density at radius 3 is 2.24 bits per heavy atom. The van der Waals surface area contributed by atoms with Crippen molar-refractivity contribution in [3.63, 3.8) is 0 Å². The van der Waals surface area contributed by atoms with Gasteiger partial charge in [-0.25, -0.2) is 0 Å². The van der Waals surface area contributed by atoms with Gasteiger partial charge in [-0.3, -0.25) is 8.98 Å². The SMILES string of the molecule is CCCCCCCC[C@H](COS(=O)(=O)c1ccc(C)cc1)OC(C)=O. The van der Waals surface area contributed by atoms with Gasteiger partial charge in [0.2, 0.25) is 0 Å². The molecule has 0 bridgehead atoms. The van der Waals surface area contributed by atoms with Gasteiger partial charge in [-0.1, -0.05) is 56.7 Å². The van der Waals surface area contributed by atoms with Crippen molar-refractivity contribution in [2.75, 3.05) is 6.61 Å². The number of benzene rings is 1. The minimum Gasteiger partial charge on any atom is -0.460 e. The van der Waals surface area contributed by atoms with E-state index in [1.54, 1.807) is 12.1 Å². The number of unbranched alkanes of at least 4 members (excludes halogenated alkanes) is 5. The second kappa shape index (κ2) is 11.3. The first kappa shape index (κ1) is 21.6. The summed E-state index contributed by atoms with van der Waals surface area (Å²) in [5.41, 5.74) is 0.972. The number of esters is 1.